The van der Waals surface area contributed by atoms with E-state index in [-0.39, 0.29) is 11.8 Å². The first-order valence-electron chi connectivity index (χ1n) is 6.87. The molecular formula is C17H17N3O2. The molecule has 5 heteroatoms. The molecule has 0 aliphatic heterocycles. The monoisotopic (exact) mass is 295 g/mol. The first kappa shape index (κ1) is 15.4. The zero-order valence-corrected chi connectivity index (χ0v) is 12.1. The lowest BCUT2D eigenvalue weighted by Crippen LogP contribution is -2.24. The van der Waals surface area contributed by atoms with Crippen molar-refractivity contribution in [2.24, 2.45) is 0 Å². The first-order chi connectivity index (χ1) is 10.7. The van der Waals surface area contributed by atoms with Gasteiger partial charge in [0, 0.05) is 36.6 Å². The van der Waals surface area contributed by atoms with Crippen LogP contribution in [0.25, 0.3) is 0 Å². The molecule has 0 saturated heterocycles. The maximum Gasteiger partial charge on any atom is 0.251 e. The predicted octanol–water partition coefficient (Wildman–Crippen LogP) is 1.93. The van der Waals surface area contributed by atoms with Crippen LogP contribution in [0.3, 0.4) is 0 Å². The van der Waals surface area contributed by atoms with Gasteiger partial charge in [0.25, 0.3) is 11.8 Å². The van der Waals surface area contributed by atoms with Gasteiger partial charge in [0.2, 0.25) is 0 Å². The number of hydrogen-bond donors (Lipinski definition) is 2. The second-order valence-corrected chi connectivity index (χ2v) is 4.62. The number of nitrogens with zero attached hydrogens (tertiary/aromatic N) is 1. The Morgan fingerprint density at radius 1 is 1.05 bits per heavy atom. The average molecular weight is 295 g/mol. The van der Waals surface area contributed by atoms with E-state index in [9.17, 15) is 9.59 Å². The Morgan fingerprint density at radius 3 is 2.23 bits per heavy atom. The van der Waals surface area contributed by atoms with Crippen molar-refractivity contribution in [3.63, 3.8) is 0 Å². The lowest BCUT2D eigenvalue weighted by atomic mass is 10.1. The summed E-state index contributed by atoms with van der Waals surface area (Å²) in [6.07, 6.45) is 4.99. The molecule has 2 rings (SSSR count). The van der Waals surface area contributed by atoms with Crippen LogP contribution in [-0.4, -0.2) is 23.3 Å². The van der Waals surface area contributed by atoms with Crippen molar-refractivity contribution in [2.75, 3.05) is 6.54 Å². The fourth-order valence-electron chi connectivity index (χ4n) is 1.83. The number of aromatic nitrogens is 1. The molecule has 1 heterocycles. The molecule has 1 aromatic carbocycles. The molecule has 2 amide bonds. The van der Waals surface area contributed by atoms with Crippen LogP contribution in [0.1, 0.15) is 26.3 Å². The fourth-order valence-corrected chi connectivity index (χ4v) is 1.83. The lowest BCUT2D eigenvalue weighted by Gasteiger charge is -2.06. The lowest BCUT2D eigenvalue weighted by molar-refractivity contribution is 0.0942. The molecule has 0 fully saturated rings. The fraction of sp³-hybridized carbons (Fsp3) is 0.118. The molecule has 0 saturated carbocycles. The molecule has 1 aromatic heterocycles. The number of amides is 2. The van der Waals surface area contributed by atoms with E-state index in [1.54, 1.807) is 42.7 Å². The third-order valence-corrected chi connectivity index (χ3v) is 2.99. The van der Waals surface area contributed by atoms with Crippen molar-refractivity contribution in [1.82, 2.24) is 15.6 Å². The summed E-state index contributed by atoms with van der Waals surface area (Å²) in [4.78, 5) is 27.7. The zero-order chi connectivity index (χ0) is 15.8. The summed E-state index contributed by atoms with van der Waals surface area (Å²) in [5.41, 5.74) is 1.94. The van der Waals surface area contributed by atoms with E-state index in [4.69, 9.17) is 0 Å². The number of carbonyl (C=O) groups excluding carboxylic acids is 2. The van der Waals surface area contributed by atoms with Crippen LogP contribution in [0.4, 0.5) is 0 Å². The van der Waals surface area contributed by atoms with E-state index in [0.29, 0.717) is 24.2 Å². The highest BCUT2D eigenvalue weighted by Crippen LogP contribution is 2.05. The van der Waals surface area contributed by atoms with Gasteiger partial charge in [0.05, 0.1) is 0 Å². The Bertz CT molecular complexity index is 651. The number of pyridine rings is 1. The number of carbonyl (C=O) groups is 2. The van der Waals surface area contributed by atoms with Crippen LogP contribution in [0, 0.1) is 0 Å². The van der Waals surface area contributed by atoms with E-state index in [2.05, 4.69) is 22.2 Å². The molecule has 0 atom stereocenters. The minimum absolute atomic E-state index is 0.192. The van der Waals surface area contributed by atoms with Crippen molar-refractivity contribution < 1.29 is 9.59 Å². The third kappa shape index (κ3) is 4.28. The molecule has 2 N–H and O–H groups in total. The van der Waals surface area contributed by atoms with Gasteiger partial charge in [-0.3, -0.25) is 14.6 Å². The molecule has 2 aromatic rings. The maximum absolute atomic E-state index is 12.0. The second-order valence-electron chi connectivity index (χ2n) is 4.62. The second kappa shape index (κ2) is 7.73. The van der Waals surface area contributed by atoms with Gasteiger partial charge in [-0.05, 0) is 35.9 Å². The minimum Gasteiger partial charge on any atom is -0.349 e. The Morgan fingerprint density at radius 2 is 1.68 bits per heavy atom. The average Bonchev–Trinajstić information content (AvgIpc) is 2.58. The molecule has 22 heavy (non-hydrogen) atoms. The van der Waals surface area contributed by atoms with Gasteiger partial charge in [-0.1, -0.05) is 12.1 Å². The van der Waals surface area contributed by atoms with E-state index >= 15 is 0 Å². The Hall–Kier alpha value is -2.95. The number of nitrogens with one attached hydrogen (secondary N) is 2. The van der Waals surface area contributed by atoms with Gasteiger partial charge in [-0.15, -0.1) is 6.58 Å². The largest absolute Gasteiger partial charge is 0.349 e. The summed E-state index contributed by atoms with van der Waals surface area (Å²) >= 11 is 0. The van der Waals surface area contributed by atoms with Gasteiger partial charge in [0.1, 0.15) is 0 Å². The van der Waals surface area contributed by atoms with Crippen molar-refractivity contribution >= 4 is 11.8 Å². The molecule has 0 bridgehead atoms. The Kier molecular flexibility index (Phi) is 5.43. The molecule has 0 aliphatic carbocycles. The summed E-state index contributed by atoms with van der Waals surface area (Å²) in [6, 6.07) is 10.2. The Labute approximate surface area is 129 Å². The van der Waals surface area contributed by atoms with Crippen LogP contribution in [0.2, 0.25) is 0 Å². The van der Waals surface area contributed by atoms with Gasteiger partial charge >= 0.3 is 0 Å². The summed E-state index contributed by atoms with van der Waals surface area (Å²) in [5, 5.41) is 5.48. The summed E-state index contributed by atoms with van der Waals surface area (Å²) in [7, 11) is 0. The van der Waals surface area contributed by atoms with Crippen molar-refractivity contribution in [3.8, 4) is 0 Å². The van der Waals surface area contributed by atoms with Crippen molar-refractivity contribution in [3.05, 3.63) is 78.1 Å². The third-order valence-electron chi connectivity index (χ3n) is 2.99. The van der Waals surface area contributed by atoms with Crippen LogP contribution < -0.4 is 10.6 Å². The summed E-state index contributed by atoms with van der Waals surface area (Å²) in [6.45, 7) is 4.36. The predicted molar refractivity (Wildman–Crippen MR) is 84.4 cm³/mol. The van der Waals surface area contributed by atoms with Gasteiger partial charge in [-0.25, -0.2) is 0 Å². The highest BCUT2D eigenvalue weighted by atomic mass is 16.2. The van der Waals surface area contributed by atoms with Crippen LogP contribution in [0.5, 0.6) is 0 Å². The molecule has 0 spiro atoms. The Balaban J connectivity index is 1.93. The van der Waals surface area contributed by atoms with E-state index < -0.39 is 0 Å². The standard InChI is InChI=1S/C17H17N3O2/c1-2-9-19-16(21)14-5-7-15(8-6-14)17(22)20-12-13-4-3-10-18-11-13/h2-8,10-11H,1,9,12H2,(H,19,21)(H,20,22). The molecule has 0 unspecified atom stereocenters. The number of rotatable bonds is 6. The number of benzene rings is 1. The van der Waals surface area contributed by atoms with Crippen molar-refractivity contribution in [2.45, 2.75) is 6.54 Å². The first-order valence-corrected chi connectivity index (χ1v) is 6.87. The molecule has 112 valence electrons. The molecule has 5 nitrogen and oxygen atoms in total. The smallest absolute Gasteiger partial charge is 0.251 e. The van der Waals surface area contributed by atoms with E-state index in [1.165, 1.54) is 0 Å². The van der Waals surface area contributed by atoms with Crippen LogP contribution in [0.15, 0.2) is 61.4 Å². The summed E-state index contributed by atoms with van der Waals surface area (Å²) in [5.74, 6) is -0.385. The van der Waals surface area contributed by atoms with Crippen LogP contribution in [-0.2, 0) is 6.54 Å². The van der Waals surface area contributed by atoms with E-state index in [1.807, 2.05) is 12.1 Å². The molecular weight excluding hydrogens is 278 g/mol. The van der Waals surface area contributed by atoms with E-state index in [0.717, 1.165) is 5.56 Å². The molecule has 0 radical (unpaired) electrons. The highest BCUT2D eigenvalue weighted by molar-refractivity contribution is 5.97. The maximum atomic E-state index is 12.0. The quantitative estimate of drug-likeness (QED) is 0.800. The zero-order valence-electron chi connectivity index (χ0n) is 12.1. The normalized spacial score (nSPS) is 9.82. The van der Waals surface area contributed by atoms with Gasteiger partial charge < -0.3 is 10.6 Å². The minimum atomic E-state index is -0.193. The topological polar surface area (TPSA) is 71.1 Å². The number of hydrogen-bond acceptors (Lipinski definition) is 3. The highest BCUT2D eigenvalue weighted by Gasteiger charge is 2.08. The van der Waals surface area contributed by atoms with Crippen molar-refractivity contribution in [1.29, 1.82) is 0 Å². The molecule has 0 aliphatic rings. The van der Waals surface area contributed by atoms with Crippen LogP contribution >= 0.6 is 0 Å². The summed E-state index contributed by atoms with van der Waals surface area (Å²) < 4.78 is 0. The van der Waals surface area contributed by atoms with Gasteiger partial charge in [-0.2, -0.15) is 0 Å². The van der Waals surface area contributed by atoms with Gasteiger partial charge in [0.15, 0.2) is 0 Å². The SMILES string of the molecule is C=CCNC(=O)c1ccc(C(=O)NCc2cccnc2)cc1.